The summed E-state index contributed by atoms with van der Waals surface area (Å²) in [5.41, 5.74) is 0.567. The average molecular weight is 528 g/mol. The highest BCUT2D eigenvalue weighted by Crippen LogP contribution is 2.24. The van der Waals surface area contributed by atoms with E-state index in [1.807, 2.05) is 0 Å². The highest BCUT2D eigenvalue weighted by Gasteiger charge is 2.15. The highest BCUT2D eigenvalue weighted by atomic mass is 79.9. The van der Waals surface area contributed by atoms with Gasteiger partial charge in [-0.2, -0.15) is 13.5 Å². The van der Waals surface area contributed by atoms with Crippen molar-refractivity contribution in [3.8, 4) is 5.75 Å². The minimum Gasteiger partial charge on any atom is -0.422 e. The normalized spacial score (nSPS) is 11.4. The molecule has 3 rings (SSSR count). The van der Waals surface area contributed by atoms with Crippen LogP contribution in [0.2, 0.25) is 10.0 Å². The Morgan fingerprint density at radius 3 is 2.43 bits per heavy atom. The molecule has 0 amide bonds. The highest BCUT2D eigenvalue weighted by molar-refractivity contribution is 9.10. The molecule has 10 heteroatoms. The van der Waals surface area contributed by atoms with Gasteiger partial charge in [0.05, 0.1) is 21.7 Å². The summed E-state index contributed by atoms with van der Waals surface area (Å²) in [6.07, 6.45) is 1.23. The van der Waals surface area contributed by atoms with E-state index >= 15 is 0 Å². The van der Waals surface area contributed by atoms with E-state index in [-0.39, 0.29) is 21.2 Å². The summed E-state index contributed by atoms with van der Waals surface area (Å²) in [4.78, 5) is 14.5. The molecule has 0 radical (unpaired) electrons. The molecule has 6 nitrogen and oxygen atoms in total. The van der Waals surface area contributed by atoms with Gasteiger partial charge in [-0.05, 0) is 54.6 Å². The van der Waals surface area contributed by atoms with Gasteiger partial charge in [0.15, 0.2) is 0 Å². The van der Waals surface area contributed by atoms with Crippen molar-refractivity contribution >= 4 is 61.3 Å². The van der Waals surface area contributed by atoms with Gasteiger partial charge < -0.3 is 4.74 Å². The molecular weight excluding hydrogens is 515 g/mol. The summed E-state index contributed by atoms with van der Waals surface area (Å²) in [5, 5.41) is 4.45. The molecule has 3 aromatic carbocycles. The predicted octanol–water partition coefficient (Wildman–Crippen LogP) is 5.29. The molecule has 0 atom stereocenters. The number of hydrogen-bond acceptors (Lipinski definition) is 5. The molecule has 30 heavy (non-hydrogen) atoms. The van der Waals surface area contributed by atoms with Crippen molar-refractivity contribution < 1.29 is 17.9 Å². The number of carbonyl (C=O) groups is 1. The second-order valence-corrected chi connectivity index (χ2v) is 9.28. The quantitative estimate of drug-likeness (QED) is 0.204. The first-order valence-corrected chi connectivity index (χ1v) is 11.4. The second-order valence-electron chi connectivity index (χ2n) is 5.86. The Hall–Kier alpha value is -2.39. The monoisotopic (exact) mass is 526 g/mol. The number of rotatable bonds is 6. The van der Waals surface area contributed by atoms with E-state index in [2.05, 4.69) is 25.9 Å². The minimum absolute atomic E-state index is 0.00339. The van der Waals surface area contributed by atoms with Crippen molar-refractivity contribution in [3.05, 3.63) is 92.4 Å². The summed E-state index contributed by atoms with van der Waals surface area (Å²) in [6, 6.07) is 17.0. The summed E-state index contributed by atoms with van der Waals surface area (Å²) >= 11 is 15.1. The van der Waals surface area contributed by atoms with Crippen molar-refractivity contribution in [3.63, 3.8) is 0 Å². The SMILES string of the molecule is O=C(Oc1ccc(Br)cc1/C=N/NS(=O)(=O)c1ccc(Cl)cc1)c1ccccc1Cl. The molecule has 0 heterocycles. The number of hydrazone groups is 1. The molecule has 0 aliphatic rings. The lowest BCUT2D eigenvalue weighted by molar-refractivity contribution is 0.0734. The zero-order valence-corrected chi connectivity index (χ0v) is 19.0. The largest absolute Gasteiger partial charge is 0.422 e. The lowest BCUT2D eigenvalue weighted by Gasteiger charge is -2.09. The Bertz CT molecular complexity index is 1220. The standard InChI is InChI=1S/C20H13BrCl2N2O4S/c21-14-5-10-19(29-20(26)17-3-1-2-4-18(17)23)13(11-14)12-24-25-30(27,28)16-8-6-15(22)7-9-16/h1-12,25H/b24-12+. The molecule has 0 fully saturated rings. The van der Waals surface area contributed by atoms with Crippen LogP contribution in [0.5, 0.6) is 5.75 Å². The second kappa shape index (κ2) is 9.61. The predicted molar refractivity (Wildman–Crippen MR) is 120 cm³/mol. The molecule has 0 aromatic heterocycles. The van der Waals surface area contributed by atoms with Gasteiger partial charge in [0.25, 0.3) is 10.0 Å². The number of carbonyl (C=O) groups excluding carboxylic acids is 1. The number of sulfonamides is 1. The Kier molecular flexibility index (Phi) is 7.14. The fraction of sp³-hybridized carbons (Fsp3) is 0. The lowest BCUT2D eigenvalue weighted by Crippen LogP contribution is -2.18. The Morgan fingerprint density at radius 1 is 1.03 bits per heavy atom. The van der Waals surface area contributed by atoms with Crippen LogP contribution in [0.25, 0.3) is 0 Å². The molecular formula is C20H13BrCl2N2O4S. The van der Waals surface area contributed by atoms with Crippen LogP contribution in [0.1, 0.15) is 15.9 Å². The van der Waals surface area contributed by atoms with E-state index < -0.39 is 16.0 Å². The number of nitrogens with one attached hydrogen (secondary N) is 1. The van der Waals surface area contributed by atoms with Crippen LogP contribution in [0.15, 0.2) is 81.2 Å². The van der Waals surface area contributed by atoms with Crippen LogP contribution in [0.3, 0.4) is 0 Å². The molecule has 0 saturated carbocycles. The van der Waals surface area contributed by atoms with E-state index in [1.54, 1.807) is 36.4 Å². The molecule has 1 N–H and O–H groups in total. The van der Waals surface area contributed by atoms with Gasteiger partial charge in [-0.3, -0.25) is 0 Å². The van der Waals surface area contributed by atoms with Gasteiger partial charge in [0, 0.05) is 15.1 Å². The van der Waals surface area contributed by atoms with Gasteiger partial charge in [-0.25, -0.2) is 9.63 Å². The zero-order valence-electron chi connectivity index (χ0n) is 15.1. The van der Waals surface area contributed by atoms with Crippen molar-refractivity contribution in [2.24, 2.45) is 5.10 Å². The Balaban J connectivity index is 1.81. The first-order chi connectivity index (χ1) is 14.3. The van der Waals surface area contributed by atoms with Crippen molar-refractivity contribution in [2.45, 2.75) is 4.90 Å². The maximum atomic E-state index is 12.4. The van der Waals surface area contributed by atoms with Crippen LogP contribution in [-0.4, -0.2) is 20.6 Å². The number of nitrogens with zero attached hydrogens (tertiary/aromatic N) is 1. The third-order valence-corrected chi connectivity index (χ3v) is 6.08. The van der Waals surface area contributed by atoms with Crippen LogP contribution in [0.4, 0.5) is 0 Å². The maximum absolute atomic E-state index is 12.4. The Labute approximate surface area is 191 Å². The number of esters is 1. The number of halogens is 3. The first kappa shape index (κ1) is 22.3. The van der Waals surface area contributed by atoms with Crippen LogP contribution >= 0.6 is 39.1 Å². The van der Waals surface area contributed by atoms with Crippen molar-refractivity contribution in [1.29, 1.82) is 0 Å². The minimum atomic E-state index is -3.89. The van der Waals surface area contributed by atoms with Crippen LogP contribution < -0.4 is 9.57 Å². The topological polar surface area (TPSA) is 84.8 Å². The van der Waals surface area contributed by atoms with Crippen molar-refractivity contribution in [1.82, 2.24) is 4.83 Å². The molecule has 0 aliphatic heterocycles. The van der Waals surface area contributed by atoms with Gasteiger partial charge in [0.2, 0.25) is 0 Å². The molecule has 0 aliphatic carbocycles. The Morgan fingerprint density at radius 2 is 1.73 bits per heavy atom. The summed E-state index contributed by atoms with van der Waals surface area (Å²) in [6.45, 7) is 0. The maximum Gasteiger partial charge on any atom is 0.345 e. The van der Waals surface area contributed by atoms with Crippen molar-refractivity contribution in [2.75, 3.05) is 0 Å². The van der Waals surface area contributed by atoms with Crippen LogP contribution in [-0.2, 0) is 10.0 Å². The van der Waals surface area contributed by atoms with E-state index in [4.69, 9.17) is 27.9 Å². The zero-order chi connectivity index (χ0) is 21.7. The molecule has 3 aromatic rings. The van der Waals surface area contributed by atoms with E-state index in [1.165, 1.54) is 36.5 Å². The van der Waals surface area contributed by atoms with Gasteiger partial charge >= 0.3 is 5.97 Å². The lowest BCUT2D eigenvalue weighted by atomic mass is 10.2. The smallest absolute Gasteiger partial charge is 0.345 e. The molecule has 0 saturated heterocycles. The average Bonchev–Trinajstić information content (AvgIpc) is 2.70. The third-order valence-electron chi connectivity index (χ3n) is 3.77. The first-order valence-electron chi connectivity index (χ1n) is 8.33. The number of benzene rings is 3. The third kappa shape index (κ3) is 5.60. The van der Waals surface area contributed by atoms with E-state index in [0.717, 1.165) is 0 Å². The fourth-order valence-electron chi connectivity index (χ4n) is 2.33. The molecule has 0 bridgehead atoms. The van der Waals surface area contributed by atoms with E-state index in [0.29, 0.717) is 15.1 Å². The summed E-state index contributed by atoms with van der Waals surface area (Å²) in [7, 11) is -3.89. The van der Waals surface area contributed by atoms with Crippen LogP contribution in [0, 0.1) is 0 Å². The molecule has 0 spiro atoms. The van der Waals surface area contributed by atoms with E-state index in [9.17, 15) is 13.2 Å². The molecule has 0 unspecified atom stereocenters. The van der Waals surface area contributed by atoms with Gasteiger partial charge in [-0.15, -0.1) is 0 Å². The summed E-state index contributed by atoms with van der Waals surface area (Å²) in [5.74, 6) is -0.475. The number of hydrogen-bond donors (Lipinski definition) is 1. The van der Waals surface area contributed by atoms with Gasteiger partial charge in [-0.1, -0.05) is 51.3 Å². The fourth-order valence-corrected chi connectivity index (χ4v) is 3.84. The molecule has 154 valence electrons. The summed E-state index contributed by atoms with van der Waals surface area (Å²) < 4.78 is 30.7. The number of ether oxygens (including phenoxy) is 1. The van der Waals surface area contributed by atoms with Gasteiger partial charge in [0.1, 0.15) is 5.75 Å².